The van der Waals surface area contributed by atoms with Crippen LogP contribution in [-0.4, -0.2) is 12.6 Å². The van der Waals surface area contributed by atoms with Crippen molar-refractivity contribution in [2.45, 2.75) is 19.9 Å². The number of hydrogen-bond donors (Lipinski definition) is 1. The van der Waals surface area contributed by atoms with Crippen LogP contribution in [0.4, 0.5) is 0 Å². The first-order valence-electron chi connectivity index (χ1n) is 2.75. The highest BCUT2D eigenvalue weighted by Gasteiger charge is 1.97. The summed E-state index contributed by atoms with van der Waals surface area (Å²) in [6.45, 7) is 8.01. The third-order valence-corrected chi connectivity index (χ3v) is 0.838. The maximum absolute atomic E-state index is 5.40. The zero-order chi connectivity index (χ0) is 6.57. The molecule has 2 nitrogen and oxygen atoms in total. The number of nitrogens with two attached hydrogens (primary N) is 1. The second kappa shape index (κ2) is 3.50. The molecule has 0 aromatic rings. The Morgan fingerprint density at radius 1 is 1.88 bits per heavy atom. The Kier molecular flexibility index (Phi) is 3.28. The van der Waals surface area contributed by atoms with Crippen LogP contribution in [0.1, 0.15) is 13.8 Å². The van der Waals surface area contributed by atoms with Gasteiger partial charge in [0.05, 0.1) is 12.6 Å². The summed E-state index contributed by atoms with van der Waals surface area (Å²) in [4.78, 5) is 0. The van der Waals surface area contributed by atoms with E-state index in [0.29, 0.717) is 12.4 Å². The fourth-order valence-electron chi connectivity index (χ4n) is 0.317. The van der Waals surface area contributed by atoms with Crippen LogP contribution in [0.25, 0.3) is 0 Å². The van der Waals surface area contributed by atoms with Crippen LogP contribution in [0.2, 0.25) is 0 Å². The molecule has 2 heteroatoms. The van der Waals surface area contributed by atoms with Gasteiger partial charge in [0.25, 0.3) is 0 Å². The molecule has 1 atom stereocenters. The molecular weight excluding hydrogens is 102 g/mol. The standard InChI is InChI=1S/C6H13NO/c1-4-8-6(3)5(2)7/h5H,3-4,7H2,1-2H3/t5-/m0/s1. The largest absolute Gasteiger partial charge is 0.497 e. The van der Waals surface area contributed by atoms with Crippen molar-refractivity contribution in [3.8, 4) is 0 Å². The smallest absolute Gasteiger partial charge is 0.105 e. The Morgan fingerprint density at radius 3 is 2.50 bits per heavy atom. The van der Waals surface area contributed by atoms with Gasteiger partial charge < -0.3 is 10.5 Å². The molecule has 0 radical (unpaired) electrons. The molecule has 0 amide bonds. The quantitative estimate of drug-likeness (QED) is 0.554. The Morgan fingerprint density at radius 2 is 2.38 bits per heavy atom. The third kappa shape index (κ3) is 2.64. The van der Waals surface area contributed by atoms with Gasteiger partial charge >= 0.3 is 0 Å². The van der Waals surface area contributed by atoms with Gasteiger partial charge in [0, 0.05) is 0 Å². The molecule has 0 unspecified atom stereocenters. The van der Waals surface area contributed by atoms with E-state index in [1.165, 1.54) is 0 Å². The Bertz CT molecular complexity index is 78.6. The summed E-state index contributed by atoms with van der Waals surface area (Å²) in [5.74, 6) is 0.660. The van der Waals surface area contributed by atoms with Gasteiger partial charge in [-0.1, -0.05) is 6.58 Å². The molecule has 0 aliphatic carbocycles. The molecule has 0 heterocycles. The lowest BCUT2D eigenvalue weighted by molar-refractivity contribution is 0.214. The van der Waals surface area contributed by atoms with E-state index in [1.807, 2.05) is 13.8 Å². The second-order valence-electron chi connectivity index (χ2n) is 1.69. The van der Waals surface area contributed by atoms with E-state index in [0.717, 1.165) is 0 Å². The van der Waals surface area contributed by atoms with Gasteiger partial charge in [-0.15, -0.1) is 0 Å². The second-order valence-corrected chi connectivity index (χ2v) is 1.69. The van der Waals surface area contributed by atoms with Gasteiger partial charge in [-0.05, 0) is 13.8 Å². The van der Waals surface area contributed by atoms with Crippen LogP contribution in [0.15, 0.2) is 12.3 Å². The minimum absolute atomic E-state index is 0.0463. The maximum atomic E-state index is 5.40. The number of hydrogen-bond acceptors (Lipinski definition) is 2. The molecule has 0 bridgehead atoms. The molecule has 0 rings (SSSR count). The predicted molar refractivity (Wildman–Crippen MR) is 34.4 cm³/mol. The molecule has 0 saturated heterocycles. The molecule has 0 saturated carbocycles. The lowest BCUT2D eigenvalue weighted by Gasteiger charge is -2.08. The van der Waals surface area contributed by atoms with Gasteiger partial charge in [0.15, 0.2) is 0 Å². The van der Waals surface area contributed by atoms with Crippen molar-refractivity contribution in [1.82, 2.24) is 0 Å². The fraction of sp³-hybridized carbons (Fsp3) is 0.667. The first-order valence-corrected chi connectivity index (χ1v) is 2.75. The average Bonchev–Trinajstić information content (AvgIpc) is 1.67. The normalized spacial score (nSPS) is 12.9. The van der Waals surface area contributed by atoms with E-state index in [-0.39, 0.29) is 6.04 Å². The summed E-state index contributed by atoms with van der Waals surface area (Å²) in [5.41, 5.74) is 5.40. The monoisotopic (exact) mass is 115 g/mol. The third-order valence-electron chi connectivity index (χ3n) is 0.838. The van der Waals surface area contributed by atoms with Crippen LogP contribution in [0, 0.1) is 0 Å². The highest BCUT2D eigenvalue weighted by molar-refractivity contribution is 4.91. The molecule has 48 valence electrons. The molecule has 2 N–H and O–H groups in total. The fourth-order valence-corrected chi connectivity index (χ4v) is 0.317. The van der Waals surface area contributed by atoms with Crippen molar-refractivity contribution >= 4 is 0 Å². The van der Waals surface area contributed by atoms with E-state index in [9.17, 15) is 0 Å². The number of ether oxygens (including phenoxy) is 1. The molecule has 0 aliphatic rings. The van der Waals surface area contributed by atoms with Crippen LogP contribution >= 0.6 is 0 Å². The summed E-state index contributed by atoms with van der Waals surface area (Å²) in [6, 6.07) is -0.0463. The van der Waals surface area contributed by atoms with Gasteiger partial charge in [-0.2, -0.15) is 0 Å². The molecule has 0 aromatic heterocycles. The molecule has 0 aromatic carbocycles. The van der Waals surface area contributed by atoms with Crippen LogP contribution in [-0.2, 0) is 4.74 Å². The zero-order valence-electron chi connectivity index (χ0n) is 5.48. The molecule has 0 fully saturated rings. The summed E-state index contributed by atoms with van der Waals surface area (Å²) in [6.07, 6.45) is 0. The lowest BCUT2D eigenvalue weighted by atomic mass is 10.3. The summed E-state index contributed by atoms with van der Waals surface area (Å²) < 4.78 is 4.98. The van der Waals surface area contributed by atoms with E-state index < -0.39 is 0 Å². The summed E-state index contributed by atoms with van der Waals surface area (Å²) >= 11 is 0. The summed E-state index contributed by atoms with van der Waals surface area (Å²) in [7, 11) is 0. The van der Waals surface area contributed by atoms with E-state index >= 15 is 0 Å². The highest BCUT2D eigenvalue weighted by Crippen LogP contribution is 1.95. The first-order chi connectivity index (χ1) is 3.68. The van der Waals surface area contributed by atoms with Gasteiger partial charge in [-0.3, -0.25) is 0 Å². The SMILES string of the molecule is C=C(OCC)[C@H](C)N. The van der Waals surface area contributed by atoms with Crippen molar-refractivity contribution in [2.75, 3.05) is 6.61 Å². The van der Waals surface area contributed by atoms with Crippen LogP contribution in [0.5, 0.6) is 0 Å². The van der Waals surface area contributed by atoms with Gasteiger partial charge in [0.2, 0.25) is 0 Å². The first kappa shape index (κ1) is 7.50. The van der Waals surface area contributed by atoms with Gasteiger partial charge in [0.1, 0.15) is 5.76 Å². The van der Waals surface area contributed by atoms with Crippen molar-refractivity contribution in [3.63, 3.8) is 0 Å². The average molecular weight is 115 g/mol. The Balaban J connectivity index is 3.33. The maximum Gasteiger partial charge on any atom is 0.105 e. The van der Waals surface area contributed by atoms with Crippen LogP contribution < -0.4 is 5.73 Å². The molecular formula is C6H13NO. The molecule has 8 heavy (non-hydrogen) atoms. The van der Waals surface area contributed by atoms with E-state index in [1.54, 1.807) is 0 Å². The summed E-state index contributed by atoms with van der Waals surface area (Å²) in [5, 5.41) is 0. The zero-order valence-corrected chi connectivity index (χ0v) is 5.48. The van der Waals surface area contributed by atoms with Crippen LogP contribution in [0.3, 0.4) is 0 Å². The van der Waals surface area contributed by atoms with E-state index in [2.05, 4.69) is 6.58 Å². The van der Waals surface area contributed by atoms with Crippen molar-refractivity contribution < 1.29 is 4.74 Å². The lowest BCUT2D eigenvalue weighted by Crippen LogP contribution is -2.18. The van der Waals surface area contributed by atoms with E-state index in [4.69, 9.17) is 10.5 Å². The Labute approximate surface area is 50.3 Å². The Hall–Kier alpha value is -0.500. The highest BCUT2D eigenvalue weighted by atomic mass is 16.5. The molecule has 0 aliphatic heterocycles. The minimum atomic E-state index is -0.0463. The number of rotatable bonds is 3. The van der Waals surface area contributed by atoms with Crippen molar-refractivity contribution in [3.05, 3.63) is 12.3 Å². The minimum Gasteiger partial charge on any atom is -0.497 e. The predicted octanol–water partition coefficient (Wildman–Crippen LogP) is 0.884. The van der Waals surface area contributed by atoms with Gasteiger partial charge in [-0.25, -0.2) is 0 Å². The topological polar surface area (TPSA) is 35.2 Å². The van der Waals surface area contributed by atoms with Crippen molar-refractivity contribution in [2.24, 2.45) is 5.73 Å². The van der Waals surface area contributed by atoms with Crippen molar-refractivity contribution in [1.29, 1.82) is 0 Å². The molecule has 0 spiro atoms.